The van der Waals surface area contributed by atoms with Crippen LogP contribution in [-0.2, 0) is 6.18 Å². The Kier molecular flexibility index (Phi) is 5.09. The van der Waals surface area contributed by atoms with Gasteiger partial charge in [-0.05, 0) is 41.0 Å². The number of hydrogen-bond donors (Lipinski definition) is 1. The molecule has 3 aromatic rings. The first-order chi connectivity index (χ1) is 12.3. The highest BCUT2D eigenvalue weighted by Crippen LogP contribution is 2.36. The van der Waals surface area contributed by atoms with E-state index in [1.54, 1.807) is 0 Å². The van der Waals surface area contributed by atoms with E-state index in [0.717, 1.165) is 38.6 Å². The zero-order valence-electron chi connectivity index (χ0n) is 13.8. The van der Waals surface area contributed by atoms with Gasteiger partial charge in [0, 0.05) is 15.5 Å². The molecule has 2 N–H and O–H groups in total. The number of nitrogens with two attached hydrogens (primary N) is 1. The van der Waals surface area contributed by atoms with Crippen molar-refractivity contribution in [2.24, 2.45) is 0 Å². The SMILES string of the molecule is C=C(Sc1ccccc1N)c1ccc(-c2ccc(C(F)(F)F)cc2)cc1. The Labute approximate surface area is 154 Å². The molecule has 0 aliphatic heterocycles. The van der Waals surface area contributed by atoms with Crippen LogP contribution in [0.1, 0.15) is 11.1 Å². The van der Waals surface area contributed by atoms with Crippen molar-refractivity contribution in [2.45, 2.75) is 11.1 Å². The van der Waals surface area contributed by atoms with E-state index in [-0.39, 0.29) is 0 Å². The minimum absolute atomic E-state index is 0.650. The number of anilines is 1. The average molecular weight is 371 g/mol. The van der Waals surface area contributed by atoms with Gasteiger partial charge in [-0.2, -0.15) is 13.2 Å². The van der Waals surface area contributed by atoms with Crippen LogP contribution in [0.15, 0.2) is 84.3 Å². The number of halogens is 3. The molecule has 1 nitrogen and oxygen atoms in total. The summed E-state index contributed by atoms with van der Waals surface area (Å²) < 4.78 is 38.0. The largest absolute Gasteiger partial charge is 0.416 e. The van der Waals surface area contributed by atoms with Crippen LogP contribution in [0.3, 0.4) is 0 Å². The molecular formula is C21H16F3NS. The lowest BCUT2D eigenvalue weighted by molar-refractivity contribution is -0.137. The fraction of sp³-hybridized carbons (Fsp3) is 0.0476. The third-order valence-corrected chi connectivity index (χ3v) is 4.98. The summed E-state index contributed by atoms with van der Waals surface area (Å²) in [6.45, 7) is 4.08. The van der Waals surface area contributed by atoms with E-state index in [9.17, 15) is 13.2 Å². The molecule has 0 saturated heterocycles. The van der Waals surface area contributed by atoms with Crippen LogP contribution in [0, 0.1) is 0 Å². The summed E-state index contributed by atoms with van der Waals surface area (Å²) in [4.78, 5) is 1.78. The molecule has 26 heavy (non-hydrogen) atoms. The van der Waals surface area contributed by atoms with Gasteiger partial charge in [0.15, 0.2) is 0 Å². The Morgan fingerprint density at radius 1 is 0.808 bits per heavy atom. The van der Waals surface area contributed by atoms with Gasteiger partial charge in [0.2, 0.25) is 0 Å². The van der Waals surface area contributed by atoms with E-state index in [0.29, 0.717) is 5.69 Å². The number of thioether (sulfide) groups is 1. The van der Waals surface area contributed by atoms with Crippen LogP contribution < -0.4 is 5.73 Å². The third kappa shape index (κ3) is 4.11. The molecule has 3 aromatic carbocycles. The Morgan fingerprint density at radius 3 is 1.88 bits per heavy atom. The van der Waals surface area contributed by atoms with E-state index in [1.807, 2.05) is 48.5 Å². The van der Waals surface area contributed by atoms with Crippen LogP contribution in [0.2, 0.25) is 0 Å². The predicted octanol–water partition coefficient (Wildman–Crippen LogP) is 6.72. The minimum atomic E-state index is -4.32. The summed E-state index contributed by atoms with van der Waals surface area (Å²) in [6.07, 6.45) is -4.32. The first-order valence-corrected chi connectivity index (χ1v) is 8.65. The molecule has 3 rings (SSSR count). The van der Waals surface area contributed by atoms with Gasteiger partial charge in [0.1, 0.15) is 0 Å². The van der Waals surface area contributed by atoms with Gasteiger partial charge in [-0.3, -0.25) is 0 Å². The maximum Gasteiger partial charge on any atom is 0.416 e. The maximum absolute atomic E-state index is 12.7. The minimum Gasteiger partial charge on any atom is -0.398 e. The van der Waals surface area contributed by atoms with E-state index in [1.165, 1.54) is 23.9 Å². The second-order valence-corrected chi connectivity index (χ2v) is 6.85. The number of nitrogen functional groups attached to an aromatic ring is 1. The smallest absolute Gasteiger partial charge is 0.398 e. The van der Waals surface area contributed by atoms with Crippen molar-refractivity contribution in [3.8, 4) is 11.1 Å². The van der Waals surface area contributed by atoms with Gasteiger partial charge in [-0.25, -0.2) is 0 Å². The monoisotopic (exact) mass is 371 g/mol. The third-order valence-electron chi connectivity index (χ3n) is 3.90. The van der Waals surface area contributed by atoms with Crippen LogP contribution in [0.5, 0.6) is 0 Å². The summed E-state index contributed by atoms with van der Waals surface area (Å²) >= 11 is 1.49. The molecule has 5 heteroatoms. The zero-order chi connectivity index (χ0) is 18.7. The lowest BCUT2D eigenvalue weighted by Crippen LogP contribution is -2.03. The molecule has 0 radical (unpaired) electrons. The molecule has 0 fully saturated rings. The lowest BCUT2D eigenvalue weighted by atomic mass is 10.0. The molecule has 0 unspecified atom stereocenters. The van der Waals surface area contributed by atoms with Crippen molar-refractivity contribution in [1.82, 2.24) is 0 Å². The second-order valence-electron chi connectivity index (χ2n) is 5.72. The molecule has 0 aliphatic carbocycles. The number of benzene rings is 3. The Balaban J connectivity index is 1.76. The van der Waals surface area contributed by atoms with Crippen molar-refractivity contribution in [3.63, 3.8) is 0 Å². The van der Waals surface area contributed by atoms with Gasteiger partial charge in [0.25, 0.3) is 0 Å². The van der Waals surface area contributed by atoms with E-state index >= 15 is 0 Å². The van der Waals surface area contributed by atoms with Crippen molar-refractivity contribution >= 4 is 22.4 Å². The summed E-state index contributed by atoms with van der Waals surface area (Å²) in [5.74, 6) is 0. The zero-order valence-corrected chi connectivity index (χ0v) is 14.6. The number of rotatable bonds is 4. The Morgan fingerprint density at radius 2 is 1.35 bits per heavy atom. The van der Waals surface area contributed by atoms with Gasteiger partial charge in [0.05, 0.1) is 5.56 Å². The molecule has 0 aliphatic rings. The van der Waals surface area contributed by atoms with E-state index < -0.39 is 11.7 Å². The fourth-order valence-corrected chi connectivity index (χ4v) is 3.32. The van der Waals surface area contributed by atoms with Crippen molar-refractivity contribution in [1.29, 1.82) is 0 Å². The van der Waals surface area contributed by atoms with Gasteiger partial charge in [-0.15, -0.1) is 0 Å². The van der Waals surface area contributed by atoms with Gasteiger partial charge in [-0.1, -0.05) is 66.9 Å². The normalized spacial score (nSPS) is 11.3. The standard InChI is InChI=1S/C21H16F3NS/c1-14(26-20-5-3-2-4-19(20)25)15-6-8-16(9-7-15)17-10-12-18(13-11-17)21(22,23)24/h2-13H,1,25H2. The molecule has 0 atom stereocenters. The van der Waals surface area contributed by atoms with Crippen LogP contribution >= 0.6 is 11.8 Å². The van der Waals surface area contributed by atoms with Crippen molar-refractivity contribution in [2.75, 3.05) is 5.73 Å². The van der Waals surface area contributed by atoms with Crippen LogP contribution in [0.4, 0.5) is 18.9 Å². The van der Waals surface area contributed by atoms with Crippen molar-refractivity contribution in [3.05, 3.63) is 90.5 Å². The molecular weight excluding hydrogens is 355 g/mol. The molecule has 0 aromatic heterocycles. The number of para-hydroxylation sites is 1. The fourth-order valence-electron chi connectivity index (χ4n) is 2.47. The number of alkyl halides is 3. The predicted molar refractivity (Wildman–Crippen MR) is 103 cm³/mol. The average Bonchev–Trinajstić information content (AvgIpc) is 2.63. The van der Waals surface area contributed by atoms with E-state index in [4.69, 9.17) is 5.73 Å². The molecule has 0 heterocycles. The summed E-state index contributed by atoms with van der Waals surface area (Å²) in [7, 11) is 0. The van der Waals surface area contributed by atoms with Gasteiger partial charge < -0.3 is 5.73 Å². The highest BCUT2D eigenvalue weighted by molar-refractivity contribution is 8.08. The van der Waals surface area contributed by atoms with Gasteiger partial charge >= 0.3 is 6.18 Å². The highest BCUT2D eigenvalue weighted by atomic mass is 32.2. The molecule has 132 valence electrons. The summed E-state index contributed by atoms with van der Waals surface area (Å²) in [5.41, 5.74) is 8.51. The maximum atomic E-state index is 12.7. The molecule has 0 spiro atoms. The number of hydrogen-bond acceptors (Lipinski definition) is 2. The summed E-state index contributed by atoms with van der Waals surface area (Å²) in [5, 5.41) is 0. The Bertz CT molecular complexity index is 913. The second kappa shape index (κ2) is 7.30. The topological polar surface area (TPSA) is 26.0 Å². The first-order valence-electron chi connectivity index (χ1n) is 7.84. The first kappa shape index (κ1) is 18.1. The quantitative estimate of drug-likeness (QED) is 0.407. The lowest BCUT2D eigenvalue weighted by Gasteiger charge is -2.10. The van der Waals surface area contributed by atoms with E-state index in [2.05, 4.69) is 6.58 Å². The Hall–Kier alpha value is -2.66. The highest BCUT2D eigenvalue weighted by Gasteiger charge is 2.29. The molecule has 0 saturated carbocycles. The van der Waals surface area contributed by atoms with Crippen molar-refractivity contribution < 1.29 is 13.2 Å². The summed E-state index contributed by atoms with van der Waals surface area (Å²) in [6, 6.07) is 20.3. The van der Waals surface area contributed by atoms with Crippen LogP contribution in [0.25, 0.3) is 16.0 Å². The molecule has 0 amide bonds. The molecule has 0 bridgehead atoms. The van der Waals surface area contributed by atoms with Crippen LogP contribution in [-0.4, -0.2) is 0 Å².